The van der Waals surface area contributed by atoms with E-state index in [0.29, 0.717) is 18.7 Å². The molecule has 3 aromatic rings. The van der Waals surface area contributed by atoms with Crippen LogP contribution in [0.5, 0.6) is 0 Å². The SMILES string of the molecule is CCc1c(C#N)cc2ccccc2c1CNCC1(c2ccc(C(F)(F)F)cc2)CCN(C)CC1. The lowest BCUT2D eigenvalue weighted by molar-refractivity contribution is -0.137. The van der Waals surface area contributed by atoms with Gasteiger partial charge in [-0.25, -0.2) is 0 Å². The van der Waals surface area contributed by atoms with Crippen LogP contribution in [0.1, 0.15) is 47.6 Å². The average molecular weight is 466 g/mol. The summed E-state index contributed by atoms with van der Waals surface area (Å²) in [6.45, 7) is 5.14. The maximum Gasteiger partial charge on any atom is 0.416 e. The lowest BCUT2D eigenvalue weighted by Crippen LogP contribution is -2.46. The minimum absolute atomic E-state index is 0.230. The number of benzene rings is 3. The highest BCUT2D eigenvalue weighted by Gasteiger charge is 2.36. The van der Waals surface area contributed by atoms with Gasteiger partial charge in [-0.3, -0.25) is 0 Å². The molecule has 0 atom stereocenters. The van der Waals surface area contributed by atoms with Crippen LogP contribution in [0.4, 0.5) is 13.2 Å². The molecule has 1 aliphatic heterocycles. The Morgan fingerprint density at radius 1 is 1.03 bits per heavy atom. The number of hydrogen-bond donors (Lipinski definition) is 1. The lowest BCUT2D eigenvalue weighted by Gasteiger charge is -2.41. The maximum absolute atomic E-state index is 13.1. The zero-order valence-corrected chi connectivity index (χ0v) is 19.7. The standard InChI is InChI=1S/C28H30F3N3/c1-3-24-21(17-32)16-20-6-4-5-7-25(20)26(24)18-33-19-27(12-14-34(2)15-13-27)22-8-10-23(11-9-22)28(29,30)31/h4-11,16,33H,3,12-15,18-19H2,1-2H3. The van der Waals surface area contributed by atoms with Gasteiger partial charge in [0.1, 0.15) is 0 Å². The first-order chi connectivity index (χ1) is 16.3. The minimum atomic E-state index is -4.33. The van der Waals surface area contributed by atoms with E-state index >= 15 is 0 Å². The summed E-state index contributed by atoms with van der Waals surface area (Å²) in [7, 11) is 2.08. The second-order valence-corrected chi connectivity index (χ2v) is 9.33. The molecule has 0 radical (unpaired) electrons. The summed E-state index contributed by atoms with van der Waals surface area (Å²) in [5.74, 6) is 0. The van der Waals surface area contributed by atoms with E-state index < -0.39 is 11.7 Å². The van der Waals surface area contributed by atoms with Gasteiger partial charge in [-0.05, 0) is 85.1 Å². The highest BCUT2D eigenvalue weighted by Crippen LogP contribution is 2.37. The fourth-order valence-corrected chi connectivity index (χ4v) is 5.22. The molecule has 0 spiro atoms. The van der Waals surface area contributed by atoms with Crippen molar-refractivity contribution in [2.24, 2.45) is 0 Å². The second-order valence-electron chi connectivity index (χ2n) is 9.33. The van der Waals surface area contributed by atoms with E-state index in [9.17, 15) is 18.4 Å². The fourth-order valence-electron chi connectivity index (χ4n) is 5.22. The Hall–Kier alpha value is -2.88. The third-order valence-corrected chi connectivity index (χ3v) is 7.28. The zero-order valence-electron chi connectivity index (χ0n) is 19.7. The van der Waals surface area contributed by atoms with Crippen LogP contribution in [0.25, 0.3) is 10.8 Å². The summed E-state index contributed by atoms with van der Waals surface area (Å²) in [5, 5.41) is 15.5. The van der Waals surface area contributed by atoms with E-state index in [-0.39, 0.29) is 5.41 Å². The van der Waals surface area contributed by atoms with Crippen molar-refractivity contribution in [1.82, 2.24) is 10.2 Å². The normalized spacial score (nSPS) is 16.5. The van der Waals surface area contributed by atoms with Crippen LogP contribution < -0.4 is 5.32 Å². The van der Waals surface area contributed by atoms with Crippen molar-refractivity contribution < 1.29 is 13.2 Å². The van der Waals surface area contributed by atoms with Crippen LogP contribution in [0.2, 0.25) is 0 Å². The van der Waals surface area contributed by atoms with Crippen molar-refractivity contribution in [3.63, 3.8) is 0 Å². The summed E-state index contributed by atoms with van der Waals surface area (Å²) in [4.78, 5) is 2.27. The predicted octanol–water partition coefficient (Wildman–Crippen LogP) is 6.05. The van der Waals surface area contributed by atoms with Crippen molar-refractivity contribution in [1.29, 1.82) is 5.26 Å². The van der Waals surface area contributed by atoms with Gasteiger partial charge in [-0.2, -0.15) is 18.4 Å². The molecule has 1 fully saturated rings. The molecule has 6 heteroatoms. The maximum atomic E-state index is 13.1. The van der Waals surface area contributed by atoms with Gasteiger partial charge in [-0.15, -0.1) is 0 Å². The largest absolute Gasteiger partial charge is 0.416 e. The van der Waals surface area contributed by atoms with E-state index in [2.05, 4.69) is 36.3 Å². The lowest BCUT2D eigenvalue weighted by atomic mass is 9.72. The second kappa shape index (κ2) is 9.77. The molecule has 1 aliphatic rings. The first-order valence-corrected chi connectivity index (χ1v) is 11.8. The molecule has 0 amide bonds. The zero-order chi connectivity index (χ0) is 24.3. The monoisotopic (exact) mass is 465 g/mol. The molecule has 34 heavy (non-hydrogen) atoms. The number of rotatable bonds is 6. The fraction of sp³-hybridized carbons (Fsp3) is 0.393. The van der Waals surface area contributed by atoms with E-state index in [1.807, 2.05) is 24.3 Å². The Labute approximate surface area is 199 Å². The van der Waals surface area contributed by atoms with E-state index in [4.69, 9.17) is 0 Å². The average Bonchev–Trinajstić information content (AvgIpc) is 2.84. The number of halogens is 3. The molecule has 0 aromatic heterocycles. The summed E-state index contributed by atoms with van der Waals surface area (Å²) in [6.07, 6.45) is -1.82. The molecule has 1 saturated heterocycles. The predicted molar refractivity (Wildman–Crippen MR) is 130 cm³/mol. The van der Waals surface area contributed by atoms with Gasteiger partial charge in [0.2, 0.25) is 0 Å². The Kier molecular flexibility index (Phi) is 6.97. The molecule has 3 aromatic carbocycles. The first kappa shape index (κ1) is 24.3. The number of nitrogens with zero attached hydrogens (tertiary/aromatic N) is 2. The number of likely N-dealkylation sites (tertiary alicyclic amines) is 1. The van der Waals surface area contributed by atoms with Gasteiger partial charge >= 0.3 is 6.18 Å². The molecule has 0 saturated carbocycles. The quantitative estimate of drug-likeness (QED) is 0.482. The number of fused-ring (bicyclic) bond motifs is 1. The van der Waals surface area contributed by atoms with Crippen LogP contribution in [-0.4, -0.2) is 31.6 Å². The molecule has 1 N–H and O–H groups in total. The van der Waals surface area contributed by atoms with E-state index in [1.54, 1.807) is 12.1 Å². The Balaban J connectivity index is 1.63. The molecular weight excluding hydrogens is 435 g/mol. The first-order valence-electron chi connectivity index (χ1n) is 11.8. The van der Waals surface area contributed by atoms with Gasteiger partial charge in [0.05, 0.1) is 17.2 Å². The summed E-state index contributed by atoms with van der Waals surface area (Å²) >= 11 is 0. The third kappa shape index (κ3) is 4.82. The van der Waals surface area contributed by atoms with E-state index in [1.165, 1.54) is 12.1 Å². The van der Waals surface area contributed by atoms with Crippen LogP contribution in [0.3, 0.4) is 0 Å². The number of hydrogen-bond acceptors (Lipinski definition) is 3. The van der Waals surface area contributed by atoms with Crippen molar-refractivity contribution in [3.05, 3.63) is 82.4 Å². The number of nitrogens with one attached hydrogen (secondary N) is 1. The molecule has 1 heterocycles. The molecule has 178 valence electrons. The number of alkyl halides is 3. The van der Waals surface area contributed by atoms with Crippen molar-refractivity contribution >= 4 is 10.8 Å². The Morgan fingerprint density at radius 3 is 2.32 bits per heavy atom. The third-order valence-electron chi connectivity index (χ3n) is 7.28. The molecule has 0 aliphatic carbocycles. The highest BCUT2D eigenvalue weighted by molar-refractivity contribution is 5.88. The van der Waals surface area contributed by atoms with E-state index in [0.717, 1.165) is 59.8 Å². The van der Waals surface area contributed by atoms with Crippen LogP contribution >= 0.6 is 0 Å². The summed E-state index contributed by atoms with van der Waals surface area (Å²) < 4.78 is 39.4. The highest BCUT2D eigenvalue weighted by atomic mass is 19.4. The number of piperidine rings is 1. The summed E-state index contributed by atoms with van der Waals surface area (Å²) in [6, 6.07) is 18.1. The van der Waals surface area contributed by atoms with Crippen molar-refractivity contribution in [2.45, 2.75) is 44.3 Å². The van der Waals surface area contributed by atoms with Crippen molar-refractivity contribution in [2.75, 3.05) is 26.7 Å². The van der Waals surface area contributed by atoms with Crippen molar-refractivity contribution in [3.8, 4) is 6.07 Å². The molecule has 0 bridgehead atoms. The smallest absolute Gasteiger partial charge is 0.312 e. The number of nitriles is 1. The molecule has 4 rings (SSSR count). The van der Waals surface area contributed by atoms with Gasteiger partial charge in [0, 0.05) is 18.5 Å². The van der Waals surface area contributed by atoms with Crippen LogP contribution in [0, 0.1) is 11.3 Å². The molecular formula is C28H30F3N3. The Morgan fingerprint density at radius 2 is 1.71 bits per heavy atom. The van der Waals surface area contributed by atoms with Crippen LogP contribution in [0.15, 0.2) is 54.6 Å². The van der Waals surface area contributed by atoms with Gasteiger partial charge < -0.3 is 10.2 Å². The molecule has 3 nitrogen and oxygen atoms in total. The van der Waals surface area contributed by atoms with Gasteiger partial charge in [-0.1, -0.05) is 43.3 Å². The van der Waals surface area contributed by atoms with Gasteiger partial charge in [0.15, 0.2) is 0 Å². The van der Waals surface area contributed by atoms with Gasteiger partial charge in [0.25, 0.3) is 0 Å². The molecule has 0 unspecified atom stereocenters. The Bertz CT molecular complexity index is 1180. The minimum Gasteiger partial charge on any atom is -0.312 e. The summed E-state index contributed by atoms with van der Waals surface area (Å²) in [5.41, 5.74) is 3.00. The van der Waals surface area contributed by atoms with Crippen LogP contribution in [-0.2, 0) is 24.6 Å². The topological polar surface area (TPSA) is 39.1 Å².